The molecule has 2 aromatic rings. The summed E-state index contributed by atoms with van der Waals surface area (Å²) in [6.45, 7) is 1.66. The zero-order chi connectivity index (χ0) is 15.6. The van der Waals surface area contributed by atoms with Gasteiger partial charge in [-0.25, -0.2) is 9.97 Å². The molecule has 21 heavy (non-hydrogen) atoms. The number of halogens is 4. The number of nitrogens with zero attached hydrogens (tertiary/aromatic N) is 3. The van der Waals surface area contributed by atoms with E-state index in [1.165, 1.54) is 6.07 Å². The molecule has 0 aromatic carbocycles. The van der Waals surface area contributed by atoms with Crippen LogP contribution in [0.5, 0.6) is 0 Å². The molecule has 0 saturated heterocycles. The Bertz CT molecular complexity index is 653. The Labute approximate surface area is 122 Å². The van der Waals surface area contributed by atoms with Crippen molar-refractivity contribution >= 4 is 23.5 Å². The van der Waals surface area contributed by atoms with Gasteiger partial charge in [0.05, 0.1) is 5.56 Å². The molecule has 0 bridgehead atoms. The average molecular weight is 317 g/mol. The SMILES string of the molecule is Cc1cc(Cl)nc(NC(=O)c2ccc(C(F)(F)F)nc2)n1. The van der Waals surface area contributed by atoms with Crippen LogP contribution in [-0.4, -0.2) is 20.9 Å². The molecule has 0 atom stereocenters. The predicted molar refractivity (Wildman–Crippen MR) is 69.0 cm³/mol. The quantitative estimate of drug-likeness (QED) is 0.864. The minimum absolute atomic E-state index is 0.0371. The molecule has 2 aromatic heterocycles. The third kappa shape index (κ3) is 3.88. The van der Waals surface area contributed by atoms with Gasteiger partial charge < -0.3 is 0 Å². The predicted octanol–water partition coefficient (Wildman–Crippen LogP) is 3.10. The Morgan fingerprint density at radius 2 is 2.00 bits per heavy atom. The Balaban J connectivity index is 2.17. The van der Waals surface area contributed by atoms with E-state index in [4.69, 9.17) is 11.6 Å². The number of rotatable bonds is 2. The molecule has 0 aliphatic carbocycles. The zero-order valence-corrected chi connectivity index (χ0v) is 11.3. The number of pyridine rings is 1. The number of hydrogen-bond donors (Lipinski definition) is 1. The van der Waals surface area contributed by atoms with Crippen molar-refractivity contribution in [1.82, 2.24) is 15.0 Å². The molecule has 9 heteroatoms. The van der Waals surface area contributed by atoms with Crippen molar-refractivity contribution in [2.24, 2.45) is 0 Å². The molecule has 2 heterocycles. The monoisotopic (exact) mass is 316 g/mol. The van der Waals surface area contributed by atoms with Crippen LogP contribution in [0.3, 0.4) is 0 Å². The van der Waals surface area contributed by atoms with Crippen molar-refractivity contribution in [3.05, 3.63) is 46.5 Å². The van der Waals surface area contributed by atoms with Crippen LogP contribution in [0.4, 0.5) is 19.1 Å². The van der Waals surface area contributed by atoms with Crippen LogP contribution in [0.1, 0.15) is 21.7 Å². The summed E-state index contributed by atoms with van der Waals surface area (Å²) in [6.07, 6.45) is -3.72. The van der Waals surface area contributed by atoms with Crippen molar-refractivity contribution in [2.45, 2.75) is 13.1 Å². The Morgan fingerprint density at radius 3 is 2.52 bits per heavy atom. The molecule has 1 amide bonds. The van der Waals surface area contributed by atoms with Gasteiger partial charge >= 0.3 is 6.18 Å². The highest BCUT2D eigenvalue weighted by Gasteiger charge is 2.32. The topological polar surface area (TPSA) is 67.8 Å². The number of aryl methyl sites for hydroxylation is 1. The molecule has 1 N–H and O–H groups in total. The average Bonchev–Trinajstić information content (AvgIpc) is 2.36. The highest BCUT2D eigenvalue weighted by atomic mass is 35.5. The highest BCUT2D eigenvalue weighted by Crippen LogP contribution is 2.27. The third-order valence-electron chi connectivity index (χ3n) is 2.36. The van der Waals surface area contributed by atoms with E-state index in [1.807, 2.05) is 0 Å². The van der Waals surface area contributed by atoms with Gasteiger partial charge in [0.25, 0.3) is 5.91 Å². The van der Waals surface area contributed by atoms with Gasteiger partial charge in [0, 0.05) is 11.9 Å². The standard InChI is InChI=1S/C12H8ClF3N4O/c1-6-4-9(13)19-11(18-6)20-10(21)7-2-3-8(17-5-7)12(14,15)16/h2-5H,1H3,(H,18,19,20,21). The van der Waals surface area contributed by atoms with Gasteiger partial charge in [-0.3, -0.25) is 15.1 Å². The molecule has 0 unspecified atom stereocenters. The minimum Gasteiger partial charge on any atom is -0.290 e. The van der Waals surface area contributed by atoms with Crippen LogP contribution < -0.4 is 5.32 Å². The lowest BCUT2D eigenvalue weighted by molar-refractivity contribution is -0.141. The van der Waals surface area contributed by atoms with Crippen LogP contribution in [-0.2, 0) is 6.18 Å². The zero-order valence-electron chi connectivity index (χ0n) is 10.6. The van der Waals surface area contributed by atoms with Crippen LogP contribution in [0.25, 0.3) is 0 Å². The summed E-state index contributed by atoms with van der Waals surface area (Å²) >= 11 is 5.71. The molecule has 2 rings (SSSR count). The fourth-order valence-corrected chi connectivity index (χ4v) is 1.69. The van der Waals surface area contributed by atoms with E-state index in [2.05, 4.69) is 20.3 Å². The molecule has 110 valence electrons. The van der Waals surface area contributed by atoms with E-state index in [1.54, 1.807) is 6.92 Å². The first kappa shape index (κ1) is 15.2. The highest BCUT2D eigenvalue weighted by molar-refractivity contribution is 6.29. The van der Waals surface area contributed by atoms with Crippen LogP contribution >= 0.6 is 11.6 Å². The minimum atomic E-state index is -4.55. The van der Waals surface area contributed by atoms with Gasteiger partial charge in [-0.15, -0.1) is 0 Å². The number of aromatic nitrogens is 3. The summed E-state index contributed by atoms with van der Waals surface area (Å²) < 4.78 is 37.1. The van der Waals surface area contributed by atoms with Gasteiger partial charge in [0.2, 0.25) is 5.95 Å². The molecule has 0 aliphatic rings. The second-order valence-corrected chi connectivity index (χ2v) is 4.43. The fourth-order valence-electron chi connectivity index (χ4n) is 1.46. The number of nitrogens with one attached hydrogen (secondary N) is 1. The maximum absolute atomic E-state index is 12.4. The van der Waals surface area contributed by atoms with E-state index >= 15 is 0 Å². The molecule has 0 spiro atoms. The smallest absolute Gasteiger partial charge is 0.290 e. The first-order valence-electron chi connectivity index (χ1n) is 5.61. The molecule has 0 aliphatic heterocycles. The van der Waals surface area contributed by atoms with Crippen molar-refractivity contribution in [3.63, 3.8) is 0 Å². The Kier molecular flexibility index (Phi) is 4.08. The van der Waals surface area contributed by atoms with Gasteiger partial charge in [-0.2, -0.15) is 13.2 Å². The lowest BCUT2D eigenvalue weighted by Crippen LogP contribution is -2.16. The van der Waals surface area contributed by atoms with E-state index in [0.717, 1.165) is 18.3 Å². The van der Waals surface area contributed by atoms with Crippen LogP contribution in [0.2, 0.25) is 5.15 Å². The van der Waals surface area contributed by atoms with Crippen molar-refractivity contribution in [2.75, 3.05) is 5.32 Å². The number of amides is 1. The van der Waals surface area contributed by atoms with E-state index in [-0.39, 0.29) is 16.7 Å². The maximum Gasteiger partial charge on any atom is 0.433 e. The van der Waals surface area contributed by atoms with Crippen molar-refractivity contribution < 1.29 is 18.0 Å². The summed E-state index contributed by atoms with van der Waals surface area (Å²) in [6, 6.07) is 3.23. The summed E-state index contributed by atoms with van der Waals surface area (Å²) in [5, 5.41) is 2.47. The fraction of sp³-hybridized carbons (Fsp3) is 0.167. The largest absolute Gasteiger partial charge is 0.433 e. The molecule has 0 fully saturated rings. The lowest BCUT2D eigenvalue weighted by atomic mass is 10.2. The summed E-state index contributed by atoms with van der Waals surface area (Å²) in [4.78, 5) is 22.7. The maximum atomic E-state index is 12.4. The molecule has 0 radical (unpaired) electrons. The Morgan fingerprint density at radius 1 is 1.29 bits per heavy atom. The summed E-state index contributed by atoms with van der Waals surface area (Å²) in [7, 11) is 0. The number of carbonyl (C=O) groups is 1. The van der Waals surface area contributed by atoms with Crippen molar-refractivity contribution in [1.29, 1.82) is 0 Å². The van der Waals surface area contributed by atoms with Gasteiger partial charge in [-0.1, -0.05) is 11.6 Å². The number of alkyl halides is 3. The summed E-state index contributed by atoms with van der Waals surface area (Å²) in [5.74, 6) is -0.720. The lowest BCUT2D eigenvalue weighted by Gasteiger charge is -2.07. The number of anilines is 1. The molecule has 0 saturated carbocycles. The van der Waals surface area contributed by atoms with Gasteiger partial charge in [-0.05, 0) is 25.1 Å². The number of hydrogen-bond acceptors (Lipinski definition) is 4. The summed E-state index contributed by atoms with van der Waals surface area (Å²) in [5.41, 5.74) is -0.589. The first-order chi connectivity index (χ1) is 9.75. The second-order valence-electron chi connectivity index (χ2n) is 4.04. The van der Waals surface area contributed by atoms with E-state index < -0.39 is 17.8 Å². The number of carbonyl (C=O) groups excluding carboxylic acids is 1. The van der Waals surface area contributed by atoms with E-state index in [9.17, 15) is 18.0 Å². The Hall–Kier alpha value is -2.22. The van der Waals surface area contributed by atoms with Crippen LogP contribution in [0, 0.1) is 6.92 Å². The van der Waals surface area contributed by atoms with Crippen LogP contribution in [0.15, 0.2) is 24.4 Å². The normalized spacial score (nSPS) is 11.3. The van der Waals surface area contributed by atoms with Crippen molar-refractivity contribution in [3.8, 4) is 0 Å². The second kappa shape index (κ2) is 5.65. The van der Waals surface area contributed by atoms with E-state index in [0.29, 0.717) is 5.69 Å². The van der Waals surface area contributed by atoms with Gasteiger partial charge in [0.15, 0.2) is 0 Å². The molecule has 5 nitrogen and oxygen atoms in total. The molecular formula is C12H8ClF3N4O. The third-order valence-corrected chi connectivity index (χ3v) is 2.56. The first-order valence-corrected chi connectivity index (χ1v) is 5.99. The van der Waals surface area contributed by atoms with Gasteiger partial charge in [0.1, 0.15) is 10.8 Å². The molecular weight excluding hydrogens is 309 g/mol.